The van der Waals surface area contributed by atoms with Gasteiger partial charge in [0.05, 0.1) is 0 Å². The van der Waals surface area contributed by atoms with E-state index < -0.39 is 12.5 Å². The van der Waals surface area contributed by atoms with E-state index in [1.807, 2.05) is 0 Å². The Balaban J connectivity index is 2.73. The minimum absolute atomic E-state index is 1.33. The molecule has 0 atom stereocenters. The molecule has 0 aromatic rings. The molecule has 58 valence electrons. The summed E-state index contributed by atoms with van der Waals surface area (Å²) in [6, 6.07) is 0. The van der Waals surface area contributed by atoms with Crippen LogP contribution in [0.15, 0.2) is 4.76 Å². The molecule has 9 heteroatoms. The van der Waals surface area contributed by atoms with Crippen LogP contribution in [-0.4, -0.2) is 6.34 Å². The Hall–Kier alpha value is 1.45. The van der Waals surface area contributed by atoms with Gasteiger partial charge in [0, 0.05) is 4.86 Å². The van der Waals surface area contributed by atoms with E-state index in [9.17, 15) is 0 Å². The average molecular weight is 261 g/mol. The summed E-state index contributed by atoms with van der Waals surface area (Å²) in [6.45, 7) is 0. The Bertz CT molecular complexity index is 168. The van der Waals surface area contributed by atoms with Crippen LogP contribution in [0.2, 0.25) is 0 Å². The molecule has 1 aliphatic rings. The maximum atomic E-state index is 5.68. The molecule has 0 aromatic carbocycles. The lowest BCUT2D eigenvalue weighted by Gasteiger charge is -2.12. The lowest BCUT2D eigenvalue weighted by molar-refractivity contribution is 1.42. The Morgan fingerprint density at radius 3 is 2.10 bits per heavy atom. The van der Waals surface area contributed by atoms with Gasteiger partial charge >= 0.3 is 12.5 Å². The molecule has 3 nitrogen and oxygen atoms in total. The molecule has 0 bridgehead atoms. The first-order chi connectivity index (χ1) is 4.41. The Morgan fingerprint density at radius 2 is 1.80 bits per heavy atom. The van der Waals surface area contributed by atoms with E-state index in [1.54, 1.807) is 0 Å². The third-order valence-corrected chi connectivity index (χ3v) is 7.31. The lowest BCUT2D eigenvalue weighted by Crippen LogP contribution is -2.20. The predicted octanol–water partition coefficient (Wildman–Crippen LogP) is 3.52. The summed E-state index contributed by atoms with van der Waals surface area (Å²) in [7, 11) is 0. The molecule has 0 unspecified atom stereocenters. The van der Waals surface area contributed by atoms with Crippen LogP contribution in [-0.2, 0) is 0 Å². The summed E-state index contributed by atoms with van der Waals surface area (Å²) < 4.78 is 3.71. The van der Waals surface area contributed by atoms with Crippen LogP contribution in [0.3, 0.4) is 0 Å². The summed E-state index contributed by atoms with van der Waals surface area (Å²) in [6.07, 6.45) is -3.52. The molecular weight excluding hydrogens is 258 g/mol. The van der Waals surface area contributed by atoms with E-state index in [-0.39, 0.29) is 0 Å². The van der Waals surface area contributed by atoms with Crippen LogP contribution in [0.25, 0.3) is 0 Å². The van der Waals surface area contributed by atoms with Gasteiger partial charge < -0.3 is 0 Å². The van der Waals surface area contributed by atoms with Gasteiger partial charge in [0.15, 0.2) is 51.3 Å². The van der Waals surface area contributed by atoms with Crippen LogP contribution in [0.4, 0.5) is 0 Å². The number of hydrogen-bond donors (Lipinski definition) is 2. The molecule has 2 N–H and O–H groups in total. The Labute approximate surface area is 78.5 Å². The summed E-state index contributed by atoms with van der Waals surface area (Å²) in [5.74, 6) is 0. The van der Waals surface area contributed by atoms with Gasteiger partial charge in [0.25, 0.3) is 0 Å². The molecule has 0 saturated heterocycles. The van der Waals surface area contributed by atoms with Gasteiger partial charge in [-0.2, -0.15) is 5.09 Å². The molecule has 1 heterocycles. The third-order valence-electron chi connectivity index (χ3n) is 0.669. The lowest BCUT2D eigenvalue weighted by atomic mass is 11.4. The molecule has 0 aliphatic carbocycles. The van der Waals surface area contributed by atoms with Crippen molar-refractivity contribution in [1.82, 2.24) is 9.95 Å². The highest BCUT2D eigenvalue weighted by molar-refractivity contribution is 8.26. The van der Waals surface area contributed by atoms with Gasteiger partial charge in [-0.3, -0.25) is 0 Å². The highest BCUT2D eigenvalue weighted by atomic mass is 35.9. The minimum atomic E-state index is -2.47. The molecule has 0 amide bonds. The smallest absolute Gasteiger partial charge is 0.198 e. The van der Waals surface area contributed by atoms with E-state index in [2.05, 4.69) is 14.7 Å². The highest BCUT2D eigenvalue weighted by Crippen LogP contribution is 2.79. The highest BCUT2D eigenvalue weighted by Gasteiger charge is 2.55. The molecule has 1 rings (SSSR count). The van der Waals surface area contributed by atoms with Crippen molar-refractivity contribution in [1.29, 1.82) is 0 Å². The largest absolute Gasteiger partial charge is 0.435 e. The van der Waals surface area contributed by atoms with Crippen molar-refractivity contribution < 1.29 is 0 Å². The van der Waals surface area contributed by atoms with Crippen molar-refractivity contribution in [2.24, 2.45) is 4.76 Å². The fourth-order valence-corrected chi connectivity index (χ4v) is 8.45. The topological polar surface area (TPSA) is 36.4 Å². The van der Waals surface area contributed by atoms with Crippen molar-refractivity contribution in [3.63, 3.8) is 0 Å². The quantitative estimate of drug-likeness (QED) is 0.654. The van der Waals surface area contributed by atoms with Gasteiger partial charge in [-0.25, -0.2) is 0 Å². The fraction of sp³-hybridized carbons (Fsp3) is 0. The second kappa shape index (κ2) is 3.06. The number of nitrogens with one attached hydrogen (secondary N) is 2. The maximum Gasteiger partial charge on any atom is 0.435 e. The second-order valence-electron chi connectivity index (χ2n) is 1.47. The normalized spacial score (nSPS) is 27.6. The van der Waals surface area contributed by atoms with Crippen molar-refractivity contribution in [2.75, 3.05) is 0 Å². The average Bonchev–Trinajstić information content (AvgIpc) is 1.56. The maximum absolute atomic E-state index is 5.68. The predicted molar refractivity (Wildman–Crippen MR) is 52.0 cm³/mol. The zero-order valence-electron chi connectivity index (χ0n) is 4.43. The zero-order chi connectivity index (χ0) is 7.83. The number of hydrogen-bond acceptors (Lipinski definition) is 3. The third kappa shape index (κ3) is 2.83. The van der Waals surface area contributed by atoms with Gasteiger partial charge in [-0.1, -0.05) is 4.76 Å². The first-order valence-electron chi connectivity index (χ1n) is 2.09. The number of rotatable bonds is 0. The fourth-order valence-electron chi connectivity index (χ4n) is 0.377. The molecule has 0 fully saturated rings. The van der Waals surface area contributed by atoms with Gasteiger partial charge in [-0.05, 0) is 0 Å². The van der Waals surface area contributed by atoms with E-state index in [4.69, 9.17) is 45.0 Å². The van der Waals surface area contributed by atoms with Gasteiger partial charge in [0.1, 0.15) is 0 Å². The molecule has 10 heavy (non-hydrogen) atoms. The molecular formula is CH3Cl4N3P2+2. The molecule has 0 radical (unpaired) electrons. The Morgan fingerprint density at radius 1 is 1.20 bits per heavy atom. The molecule has 1 aliphatic heterocycles. The summed E-state index contributed by atoms with van der Waals surface area (Å²) in [5.41, 5.74) is 0. The second-order valence-corrected chi connectivity index (χ2v) is 11.8. The van der Waals surface area contributed by atoms with Crippen LogP contribution in [0.1, 0.15) is 0 Å². The number of halogens is 4. The summed E-state index contributed by atoms with van der Waals surface area (Å²) in [5, 5.41) is 2.61. The molecule has 0 saturated carbocycles. The summed E-state index contributed by atoms with van der Waals surface area (Å²) >= 11 is 22.6. The van der Waals surface area contributed by atoms with Crippen LogP contribution < -0.4 is 9.95 Å². The first-order valence-corrected chi connectivity index (χ1v) is 9.24. The minimum Gasteiger partial charge on any atom is -0.198 e. The van der Waals surface area contributed by atoms with Crippen LogP contribution in [0, 0.1) is 0 Å². The molecule has 0 aromatic heterocycles. The SMILES string of the molecule is Cl[P+]1(Cl)N=CN[P+](Cl)(Cl)N1. The van der Waals surface area contributed by atoms with Gasteiger partial charge in [0.2, 0.25) is 0 Å². The van der Waals surface area contributed by atoms with Gasteiger partial charge in [-0.15, -0.1) is 0 Å². The van der Waals surface area contributed by atoms with E-state index >= 15 is 0 Å². The van der Waals surface area contributed by atoms with E-state index in [1.165, 1.54) is 6.34 Å². The Kier molecular flexibility index (Phi) is 2.92. The van der Waals surface area contributed by atoms with Crippen molar-refractivity contribution in [3.05, 3.63) is 0 Å². The molecule has 0 spiro atoms. The summed E-state index contributed by atoms with van der Waals surface area (Å²) in [4.78, 5) is 2.61. The van der Waals surface area contributed by atoms with Crippen molar-refractivity contribution >= 4 is 63.8 Å². The zero-order valence-corrected chi connectivity index (χ0v) is 9.24. The van der Waals surface area contributed by atoms with Crippen molar-refractivity contribution in [3.8, 4) is 0 Å². The van der Waals surface area contributed by atoms with Crippen LogP contribution in [0.5, 0.6) is 0 Å². The first kappa shape index (κ1) is 9.54. The van der Waals surface area contributed by atoms with Crippen molar-refractivity contribution in [2.45, 2.75) is 0 Å². The van der Waals surface area contributed by atoms with Crippen LogP contribution >= 0.6 is 57.5 Å². The van der Waals surface area contributed by atoms with E-state index in [0.717, 1.165) is 0 Å². The van der Waals surface area contributed by atoms with E-state index in [0.29, 0.717) is 0 Å². The standard InChI is InChI=1S/CH3Cl4N3P2/c2-9(3)6-1-7-10(4,5)8-9/h1,8H,(H,6,7)/q+2. The number of nitrogens with zero attached hydrogens (tertiary/aromatic N) is 1. The monoisotopic (exact) mass is 259 g/mol.